The van der Waals surface area contributed by atoms with Gasteiger partial charge in [-0.3, -0.25) is 9.59 Å². The molecule has 0 atom stereocenters. The van der Waals surface area contributed by atoms with E-state index in [4.69, 9.17) is 9.47 Å². The number of nitrogens with zero attached hydrogens (tertiary/aromatic N) is 1. The molecule has 23 heavy (non-hydrogen) atoms. The van der Waals surface area contributed by atoms with Crippen LogP contribution in [0.4, 0.5) is 11.4 Å². The molecule has 0 aromatic heterocycles. The first kappa shape index (κ1) is 14.9. The fraction of sp³-hybridized carbons (Fsp3) is 0.176. The van der Waals surface area contributed by atoms with Crippen LogP contribution in [0.25, 0.3) is 0 Å². The highest BCUT2D eigenvalue weighted by molar-refractivity contribution is 6.08. The van der Waals surface area contributed by atoms with Crippen LogP contribution < -0.4 is 19.7 Å². The first-order valence-corrected chi connectivity index (χ1v) is 7.14. The molecule has 3 rings (SSSR count). The lowest BCUT2D eigenvalue weighted by Gasteiger charge is -2.17. The SMILES string of the molecule is CN(C(=O)CC(=O)Nc1ccc2c(c1)OCO2)c1ccccc1. The predicted molar refractivity (Wildman–Crippen MR) is 85.7 cm³/mol. The van der Waals surface area contributed by atoms with Crippen molar-refractivity contribution >= 4 is 23.2 Å². The van der Waals surface area contributed by atoms with Crippen molar-refractivity contribution in [1.82, 2.24) is 0 Å². The van der Waals surface area contributed by atoms with Gasteiger partial charge in [0.1, 0.15) is 6.42 Å². The second-order valence-corrected chi connectivity index (χ2v) is 5.08. The summed E-state index contributed by atoms with van der Waals surface area (Å²) in [5.41, 5.74) is 1.31. The quantitative estimate of drug-likeness (QED) is 0.880. The molecule has 1 aliphatic rings. The molecule has 1 aliphatic heterocycles. The van der Waals surface area contributed by atoms with Gasteiger partial charge in [-0.1, -0.05) is 18.2 Å². The first-order chi connectivity index (χ1) is 11.1. The van der Waals surface area contributed by atoms with Gasteiger partial charge in [-0.15, -0.1) is 0 Å². The Kier molecular flexibility index (Phi) is 4.14. The summed E-state index contributed by atoms with van der Waals surface area (Å²) in [7, 11) is 1.64. The molecule has 2 aromatic carbocycles. The van der Waals surface area contributed by atoms with Gasteiger partial charge in [0, 0.05) is 24.5 Å². The lowest BCUT2D eigenvalue weighted by Crippen LogP contribution is -2.30. The van der Waals surface area contributed by atoms with E-state index < -0.39 is 0 Å². The van der Waals surface area contributed by atoms with Gasteiger partial charge in [0.05, 0.1) is 0 Å². The van der Waals surface area contributed by atoms with Crippen molar-refractivity contribution < 1.29 is 19.1 Å². The van der Waals surface area contributed by atoms with Crippen molar-refractivity contribution in [2.75, 3.05) is 24.1 Å². The van der Waals surface area contributed by atoms with Gasteiger partial charge in [0.25, 0.3) is 0 Å². The molecule has 118 valence electrons. The highest BCUT2D eigenvalue weighted by Gasteiger charge is 2.17. The maximum atomic E-state index is 12.2. The van der Waals surface area contributed by atoms with Gasteiger partial charge in [-0.2, -0.15) is 0 Å². The Morgan fingerprint density at radius 2 is 1.83 bits per heavy atom. The number of carbonyl (C=O) groups excluding carboxylic acids is 2. The Hall–Kier alpha value is -3.02. The Bertz CT molecular complexity index is 731. The van der Waals surface area contributed by atoms with E-state index in [2.05, 4.69) is 5.32 Å². The number of para-hydroxylation sites is 1. The lowest BCUT2D eigenvalue weighted by atomic mass is 10.2. The maximum Gasteiger partial charge on any atom is 0.236 e. The number of nitrogens with one attached hydrogen (secondary N) is 1. The zero-order valence-electron chi connectivity index (χ0n) is 12.6. The van der Waals surface area contributed by atoms with Crippen LogP contribution in [0.3, 0.4) is 0 Å². The van der Waals surface area contributed by atoms with E-state index >= 15 is 0 Å². The fourth-order valence-corrected chi connectivity index (χ4v) is 2.23. The van der Waals surface area contributed by atoms with Crippen molar-refractivity contribution in [2.45, 2.75) is 6.42 Å². The summed E-state index contributed by atoms with van der Waals surface area (Å²) in [5, 5.41) is 2.69. The maximum absolute atomic E-state index is 12.2. The van der Waals surface area contributed by atoms with Crippen LogP contribution in [0.2, 0.25) is 0 Å². The fourth-order valence-electron chi connectivity index (χ4n) is 2.23. The molecule has 1 N–H and O–H groups in total. The summed E-state index contributed by atoms with van der Waals surface area (Å²) in [4.78, 5) is 25.6. The monoisotopic (exact) mass is 312 g/mol. The molecule has 2 amide bonds. The topological polar surface area (TPSA) is 67.9 Å². The predicted octanol–water partition coefficient (Wildman–Crippen LogP) is 2.41. The molecule has 2 aromatic rings. The summed E-state index contributed by atoms with van der Waals surface area (Å²) in [6.45, 7) is 0.174. The zero-order valence-corrected chi connectivity index (χ0v) is 12.6. The standard InChI is InChI=1S/C17H16N2O4/c1-19(13-5-3-2-4-6-13)17(21)10-16(20)18-12-7-8-14-15(9-12)23-11-22-14/h2-9H,10-11H2,1H3,(H,18,20). The van der Waals surface area contributed by atoms with Crippen molar-refractivity contribution in [2.24, 2.45) is 0 Å². The molecule has 0 unspecified atom stereocenters. The number of ether oxygens (including phenoxy) is 2. The average molecular weight is 312 g/mol. The molecule has 0 fully saturated rings. The van der Waals surface area contributed by atoms with Crippen molar-refractivity contribution in [1.29, 1.82) is 0 Å². The largest absolute Gasteiger partial charge is 0.454 e. The van der Waals surface area contributed by atoms with Crippen LogP contribution >= 0.6 is 0 Å². The van der Waals surface area contributed by atoms with Gasteiger partial charge in [-0.25, -0.2) is 0 Å². The molecule has 1 heterocycles. The first-order valence-electron chi connectivity index (χ1n) is 7.14. The molecule has 0 saturated carbocycles. The normalized spacial score (nSPS) is 11.9. The summed E-state index contributed by atoms with van der Waals surface area (Å²) < 4.78 is 10.5. The smallest absolute Gasteiger partial charge is 0.236 e. The molecule has 0 saturated heterocycles. The molecule has 6 nitrogen and oxygen atoms in total. The van der Waals surface area contributed by atoms with Crippen molar-refractivity contribution in [3.05, 3.63) is 48.5 Å². The summed E-state index contributed by atoms with van der Waals surface area (Å²) in [5.74, 6) is 0.560. The molecule has 0 radical (unpaired) electrons. The van der Waals surface area contributed by atoms with Crippen molar-refractivity contribution in [3.63, 3.8) is 0 Å². The van der Waals surface area contributed by atoms with E-state index in [1.165, 1.54) is 4.90 Å². The summed E-state index contributed by atoms with van der Waals surface area (Å²) in [6, 6.07) is 14.3. The van der Waals surface area contributed by atoms with Gasteiger partial charge in [0.15, 0.2) is 11.5 Å². The van der Waals surface area contributed by atoms with E-state index in [-0.39, 0.29) is 25.0 Å². The second-order valence-electron chi connectivity index (χ2n) is 5.08. The minimum Gasteiger partial charge on any atom is -0.454 e. The number of benzene rings is 2. The zero-order chi connectivity index (χ0) is 16.2. The Morgan fingerprint density at radius 1 is 1.09 bits per heavy atom. The number of fused-ring (bicyclic) bond motifs is 1. The number of anilines is 2. The number of hydrogen-bond donors (Lipinski definition) is 1. The molecule has 0 bridgehead atoms. The van der Waals surface area contributed by atoms with Crippen LogP contribution in [0.5, 0.6) is 11.5 Å². The summed E-state index contributed by atoms with van der Waals surface area (Å²) in [6.07, 6.45) is -0.236. The molecular formula is C17H16N2O4. The van der Waals surface area contributed by atoms with Crippen LogP contribution in [0.1, 0.15) is 6.42 Å². The van der Waals surface area contributed by atoms with Gasteiger partial charge < -0.3 is 19.7 Å². The third-order valence-corrected chi connectivity index (χ3v) is 3.49. The Morgan fingerprint density at radius 3 is 2.61 bits per heavy atom. The third kappa shape index (κ3) is 3.42. The van der Waals surface area contributed by atoms with E-state index in [1.807, 2.05) is 30.3 Å². The number of hydrogen-bond acceptors (Lipinski definition) is 4. The third-order valence-electron chi connectivity index (χ3n) is 3.49. The second kappa shape index (κ2) is 6.39. The molecular weight excluding hydrogens is 296 g/mol. The Balaban J connectivity index is 1.60. The van der Waals surface area contributed by atoms with E-state index in [9.17, 15) is 9.59 Å². The van der Waals surface area contributed by atoms with Crippen LogP contribution in [0, 0.1) is 0 Å². The van der Waals surface area contributed by atoms with Crippen LogP contribution in [-0.4, -0.2) is 25.7 Å². The van der Waals surface area contributed by atoms with Gasteiger partial charge >= 0.3 is 0 Å². The number of carbonyl (C=O) groups is 2. The highest BCUT2D eigenvalue weighted by Crippen LogP contribution is 2.34. The minimum absolute atomic E-state index is 0.174. The summed E-state index contributed by atoms with van der Waals surface area (Å²) >= 11 is 0. The number of amides is 2. The van der Waals surface area contributed by atoms with E-state index in [1.54, 1.807) is 25.2 Å². The number of rotatable bonds is 4. The Labute approximate surface area is 133 Å². The van der Waals surface area contributed by atoms with E-state index in [0.29, 0.717) is 17.2 Å². The minimum atomic E-state index is -0.378. The van der Waals surface area contributed by atoms with Crippen LogP contribution in [0.15, 0.2) is 48.5 Å². The molecule has 0 spiro atoms. The average Bonchev–Trinajstić information content (AvgIpc) is 3.02. The highest BCUT2D eigenvalue weighted by atomic mass is 16.7. The molecule has 6 heteroatoms. The van der Waals surface area contributed by atoms with Gasteiger partial charge in [0.2, 0.25) is 18.6 Å². The van der Waals surface area contributed by atoms with E-state index in [0.717, 1.165) is 5.69 Å². The van der Waals surface area contributed by atoms with Gasteiger partial charge in [-0.05, 0) is 24.3 Å². The lowest BCUT2D eigenvalue weighted by molar-refractivity contribution is -0.125. The van der Waals surface area contributed by atoms with Crippen LogP contribution in [-0.2, 0) is 9.59 Å². The molecule has 0 aliphatic carbocycles. The van der Waals surface area contributed by atoms with Crippen molar-refractivity contribution in [3.8, 4) is 11.5 Å².